The number of aromatic nitrogens is 2. The smallest absolute Gasteiger partial charge is 0.274 e. The number of nitrogens with one attached hydrogen (secondary N) is 1. The standard InChI is InChI=1S/C18H21BrN4O/c1-2-15-5-3-4-10-23(15)17-11-16(20-12-21-17)18(24)22-14-8-6-13(19)7-9-14/h6-9,11-12,15H,2-5,10H2,1H3,(H,22,24). The van der Waals surface area contributed by atoms with Gasteiger partial charge in [0.25, 0.3) is 5.91 Å². The quantitative estimate of drug-likeness (QED) is 0.849. The van der Waals surface area contributed by atoms with E-state index in [0.29, 0.717) is 11.7 Å². The van der Waals surface area contributed by atoms with Crippen molar-refractivity contribution in [2.24, 2.45) is 0 Å². The van der Waals surface area contributed by atoms with Crippen LogP contribution >= 0.6 is 15.9 Å². The van der Waals surface area contributed by atoms with Crippen LogP contribution in [0.15, 0.2) is 41.1 Å². The Kier molecular flexibility index (Phi) is 5.45. The van der Waals surface area contributed by atoms with Gasteiger partial charge in [-0.05, 0) is 49.9 Å². The van der Waals surface area contributed by atoms with Gasteiger partial charge >= 0.3 is 0 Å². The molecule has 1 N–H and O–H groups in total. The summed E-state index contributed by atoms with van der Waals surface area (Å²) in [5.74, 6) is 0.628. The molecule has 1 aliphatic rings. The van der Waals surface area contributed by atoms with Gasteiger partial charge in [0, 0.05) is 28.8 Å². The van der Waals surface area contributed by atoms with Crippen molar-refractivity contribution in [2.45, 2.75) is 38.6 Å². The second-order valence-corrected chi connectivity index (χ2v) is 6.89. The highest BCUT2D eigenvalue weighted by Crippen LogP contribution is 2.25. The summed E-state index contributed by atoms with van der Waals surface area (Å²) in [6, 6.07) is 9.77. The summed E-state index contributed by atoms with van der Waals surface area (Å²) in [4.78, 5) is 23.3. The van der Waals surface area contributed by atoms with Gasteiger partial charge in [-0.2, -0.15) is 0 Å². The molecule has 1 aromatic heterocycles. The third-order valence-electron chi connectivity index (χ3n) is 4.38. The number of halogens is 1. The first-order valence-electron chi connectivity index (χ1n) is 8.33. The molecule has 0 saturated carbocycles. The number of amides is 1. The molecule has 126 valence electrons. The number of piperidine rings is 1. The number of hydrogen-bond acceptors (Lipinski definition) is 4. The molecule has 3 rings (SSSR count). The Morgan fingerprint density at radius 2 is 2.08 bits per heavy atom. The van der Waals surface area contributed by atoms with E-state index in [1.165, 1.54) is 25.6 Å². The average molecular weight is 389 g/mol. The van der Waals surface area contributed by atoms with Crippen molar-refractivity contribution in [1.29, 1.82) is 0 Å². The first kappa shape index (κ1) is 16.9. The van der Waals surface area contributed by atoms with Crippen molar-refractivity contribution in [3.63, 3.8) is 0 Å². The lowest BCUT2D eigenvalue weighted by Crippen LogP contribution is -2.39. The van der Waals surface area contributed by atoms with Crippen LogP contribution in [-0.4, -0.2) is 28.5 Å². The predicted octanol–water partition coefficient (Wildman–Crippen LogP) is 4.26. The van der Waals surface area contributed by atoms with E-state index in [1.54, 1.807) is 6.07 Å². The Morgan fingerprint density at radius 3 is 2.83 bits per heavy atom. The van der Waals surface area contributed by atoms with Crippen molar-refractivity contribution in [3.8, 4) is 0 Å². The second-order valence-electron chi connectivity index (χ2n) is 5.97. The van der Waals surface area contributed by atoms with Crippen LogP contribution < -0.4 is 10.2 Å². The highest BCUT2D eigenvalue weighted by molar-refractivity contribution is 9.10. The molecule has 1 aliphatic heterocycles. The summed E-state index contributed by atoms with van der Waals surface area (Å²) in [6.07, 6.45) is 6.18. The summed E-state index contributed by atoms with van der Waals surface area (Å²) in [5.41, 5.74) is 1.14. The first-order valence-corrected chi connectivity index (χ1v) is 9.12. The molecule has 1 unspecified atom stereocenters. The molecule has 0 radical (unpaired) electrons. The molecule has 0 spiro atoms. The lowest BCUT2D eigenvalue weighted by Gasteiger charge is -2.36. The average Bonchev–Trinajstić information content (AvgIpc) is 2.63. The van der Waals surface area contributed by atoms with Crippen molar-refractivity contribution < 1.29 is 4.79 Å². The third-order valence-corrected chi connectivity index (χ3v) is 4.91. The SMILES string of the molecule is CCC1CCCCN1c1cc(C(=O)Nc2ccc(Br)cc2)ncn1. The van der Waals surface area contributed by atoms with Gasteiger partial charge in [-0.25, -0.2) is 9.97 Å². The van der Waals surface area contributed by atoms with Crippen LogP contribution in [0, 0.1) is 0 Å². The Labute approximate surface area is 150 Å². The summed E-state index contributed by atoms with van der Waals surface area (Å²) < 4.78 is 0.973. The molecular formula is C18H21BrN4O. The highest BCUT2D eigenvalue weighted by atomic mass is 79.9. The van der Waals surface area contributed by atoms with E-state index in [4.69, 9.17) is 0 Å². The molecule has 0 aliphatic carbocycles. The summed E-state index contributed by atoms with van der Waals surface area (Å²) in [6.45, 7) is 3.19. The van der Waals surface area contributed by atoms with E-state index >= 15 is 0 Å². The van der Waals surface area contributed by atoms with E-state index in [-0.39, 0.29) is 5.91 Å². The number of carbonyl (C=O) groups is 1. The summed E-state index contributed by atoms with van der Waals surface area (Å²) >= 11 is 3.38. The lowest BCUT2D eigenvalue weighted by atomic mass is 10.00. The van der Waals surface area contributed by atoms with Crippen molar-refractivity contribution in [2.75, 3.05) is 16.8 Å². The van der Waals surface area contributed by atoms with E-state index < -0.39 is 0 Å². The maximum atomic E-state index is 12.5. The molecule has 1 aromatic carbocycles. The van der Waals surface area contributed by atoms with Crippen LogP contribution in [0.25, 0.3) is 0 Å². The fourth-order valence-electron chi connectivity index (χ4n) is 3.08. The van der Waals surface area contributed by atoms with E-state index in [0.717, 1.165) is 28.9 Å². The zero-order chi connectivity index (χ0) is 16.9. The minimum absolute atomic E-state index is 0.217. The van der Waals surface area contributed by atoms with Gasteiger partial charge in [-0.1, -0.05) is 22.9 Å². The minimum Gasteiger partial charge on any atom is -0.354 e. The zero-order valence-corrected chi connectivity index (χ0v) is 15.3. The number of nitrogens with zero attached hydrogens (tertiary/aromatic N) is 3. The van der Waals surface area contributed by atoms with Gasteiger partial charge in [-0.15, -0.1) is 0 Å². The monoisotopic (exact) mass is 388 g/mol. The molecule has 1 atom stereocenters. The topological polar surface area (TPSA) is 58.1 Å². The number of anilines is 2. The van der Waals surface area contributed by atoms with E-state index in [9.17, 15) is 4.79 Å². The number of rotatable bonds is 4. The molecule has 5 nitrogen and oxygen atoms in total. The fraction of sp³-hybridized carbons (Fsp3) is 0.389. The maximum Gasteiger partial charge on any atom is 0.274 e. The predicted molar refractivity (Wildman–Crippen MR) is 99.4 cm³/mol. The molecule has 2 aromatic rings. The largest absolute Gasteiger partial charge is 0.354 e. The van der Waals surface area contributed by atoms with Gasteiger partial charge in [0.2, 0.25) is 0 Å². The Morgan fingerprint density at radius 1 is 1.29 bits per heavy atom. The van der Waals surface area contributed by atoms with Gasteiger partial charge in [0.15, 0.2) is 0 Å². The summed E-state index contributed by atoms with van der Waals surface area (Å²) in [5, 5.41) is 2.87. The van der Waals surface area contributed by atoms with Crippen LogP contribution in [0.1, 0.15) is 43.1 Å². The van der Waals surface area contributed by atoms with Gasteiger partial charge < -0.3 is 10.2 Å². The normalized spacial score (nSPS) is 17.6. The van der Waals surface area contributed by atoms with Crippen LogP contribution in [0.5, 0.6) is 0 Å². The Balaban J connectivity index is 1.76. The Hall–Kier alpha value is -1.95. The first-order chi connectivity index (χ1) is 11.7. The Bertz CT molecular complexity index is 704. The van der Waals surface area contributed by atoms with E-state index in [1.807, 2.05) is 24.3 Å². The molecule has 1 fully saturated rings. The minimum atomic E-state index is -0.217. The van der Waals surface area contributed by atoms with Crippen molar-refractivity contribution in [3.05, 3.63) is 46.8 Å². The van der Waals surface area contributed by atoms with Crippen molar-refractivity contribution in [1.82, 2.24) is 9.97 Å². The third kappa shape index (κ3) is 3.93. The van der Waals surface area contributed by atoms with Gasteiger partial charge in [0.05, 0.1) is 0 Å². The highest BCUT2D eigenvalue weighted by Gasteiger charge is 2.23. The van der Waals surface area contributed by atoms with Gasteiger partial charge in [-0.3, -0.25) is 4.79 Å². The van der Waals surface area contributed by atoms with E-state index in [2.05, 4.69) is 43.0 Å². The molecule has 2 heterocycles. The second kappa shape index (κ2) is 7.75. The maximum absolute atomic E-state index is 12.5. The van der Waals surface area contributed by atoms with Crippen LogP contribution in [0.3, 0.4) is 0 Å². The van der Waals surface area contributed by atoms with Gasteiger partial charge in [0.1, 0.15) is 17.8 Å². The lowest BCUT2D eigenvalue weighted by molar-refractivity contribution is 0.102. The molecule has 1 saturated heterocycles. The molecule has 1 amide bonds. The number of carbonyl (C=O) groups excluding carboxylic acids is 1. The zero-order valence-electron chi connectivity index (χ0n) is 13.7. The molecule has 0 bridgehead atoms. The van der Waals surface area contributed by atoms with Crippen molar-refractivity contribution >= 4 is 33.3 Å². The van der Waals surface area contributed by atoms with Crippen LogP contribution in [0.4, 0.5) is 11.5 Å². The fourth-order valence-corrected chi connectivity index (χ4v) is 3.35. The number of benzene rings is 1. The number of hydrogen-bond donors (Lipinski definition) is 1. The molecule has 6 heteroatoms. The molecular weight excluding hydrogens is 368 g/mol. The van der Waals surface area contributed by atoms with Crippen LogP contribution in [0.2, 0.25) is 0 Å². The summed E-state index contributed by atoms with van der Waals surface area (Å²) in [7, 11) is 0. The molecule has 24 heavy (non-hydrogen) atoms. The van der Waals surface area contributed by atoms with Crippen LogP contribution in [-0.2, 0) is 0 Å².